The van der Waals surface area contributed by atoms with Crippen molar-refractivity contribution in [3.63, 3.8) is 0 Å². The Morgan fingerprint density at radius 3 is 2.35 bits per heavy atom. The van der Waals surface area contributed by atoms with Crippen molar-refractivity contribution < 1.29 is 14.5 Å². The lowest BCUT2D eigenvalue weighted by Gasteiger charge is -2.07. The molecule has 5 nitrogen and oxygen atoms in total. The number of hydrogen-bond acceptors (Lipinski definition) is 4. The summed E-state index contributed by atoms with van der Waals surface area (Å²) in [6, 6.07) is 2.72. The molecule has 0 aliphatic rings. The van der Waals surface area contributed by atoms with Crippen LogP contribution in [0.2, 0.25) is 0 Å². The number of nitrogens with zero attached hydrogens (tertiary/aromatic N) is 1. The highest BCUT2D eigenvalue weighted by atomic mass is 79.9. The van der Waals surface area contributed by atoms with Crippen LogP contribution in [0.3, 0.4) is 0 Å². The van der Waals surface area contributed by atoms with Crippen LogP contribution in [0.25, 0.3) is 0 Å². The average molecular weight is 367 g/mol. The Balaban J connectivity index is 3.01. The van der Waals surface area contributed by atoms with Crippen molar-refractivity contribution >= 4 is 43.5 Å². The molecule has 0 amide bonds. The molecule has 0 saturated heterocycles. The Hall–Kier alpha value is -0.950. The van der Waals surface area contributed by atoms with Crippen LogP contribution in [-0.2, 0) is 16.0 Å². The summed E-state index contributed by atoms with van der Waals surface area (Å²) in [4.78, 5) is 21.5. The van der Waals surface area contributed by atoms with E-state index in [-0.39, 0.29) is 18.1 Å². The van der Waals surface area contributed by atoms with E-state index in [1.165, 1.54) is 12.1 Å². The SMILES string of the molecule is CCOC(=O)Cc1c(Br)cc([N+](=O)[O-])cc1Br. The molecular weight excluding hydrogens is 358 g/mol. The summed E-state index contributed by atoms with van der Waals surface area (Å²) in [7, 11) is 0. The monoisotopic (exact) mass is 365 g/mol. The van der Waals surface area contributed by atoms with Crippen LogP contribution in [-0.4, -0.2) is 17.5 Å². The van der Waals surface area contributed by atoms with Gasteiger partial charge >= 0.3 is 5.97 Å². The molecule has 0 unspecified atom stereocenters. The predicted molar refractivity (Wildman–Crippen MR) is 68.8 cm³/mol. The molecule has 0 fully saturated rings. The zero-order valence-corrected chi connectivity index (χ0v) is 12.1. The minimum atomic E-state index is -0.496. The standard InChI is InChI=1S/C10H9Br2NO4/c1-2-17-10(14)5-7-8(11)3-6(13(15)16)4-9(7)12/h3-4H,2,5H2,1H3. The van der Waals surface area contributed by atoms with Gasteiger partial charge in [-0.3, -0.25) is 14.9 Å². The molecule has 0 N–H and O–H groups in total. The lowest BCUT2D eigenvalue weighted by molar-refractivity contribution is -0.385. The van der Waals surface area contributed by atoms with Gasteiger partial charge in [-0.25, -0.2) is 0 Å². The molecule has 0 radical (unpaired) electrons. The number of benzene rings is 1. The van der Waals surface area contributed by atoms with Crippen LogP contribution in [0.15, 0.2) is 21.1 Å². The molecular formula is C10H9Br2NO4. The second-order valence-electron chi connectivity index (χ2n) is 3.13. The number of carbonyl (C=O) groups is 1. The lowest BCUT2D eigenvalue weighted by Crippen LogP contribution is -2.08. The molecule has 1 aromatic rings. The van der Waals surface area contributed by atoms with E-state index in [0.29, 0.717) is 21.1 Å². The van der Waals surface area contributed by atoms with Crippen molar-refractivity contribution in [3.8, 4) is 0 Å². The highest BCUT2D eigenvalue weighted by molar-refractivity contribution is 9.11. The van der Waals surface area contributed by atoms with E-state index in [1.807, 2.05) is 0 Å². The van der Waals surface area contributed by atoms with Crippen molar-refractivity contribution in [1.82, 2.24) is 0 Å². The fourth-order valence-electron chi connectivity index (χ4n) is 1.22. The maximum absolute atomic E-state index is 11.3. The number of rotatable bonds is 4. The highest BCUT2D eigenvalue weighted by Gasteiger charge is 2.16. The number of carbonyl (C=O) groups excluding carboxylic acids is 1. The molecule has 1 aromatic carbocycles. The van der Waals surface area contributed by atoms with Gasteiger partial charge in [-0.15, -0.1) is 0 Å². The fraction of sp³-hybridized carbons (Fsp3) is 0.300. The van der Waals surface area contributed by atoms with Gasteiger partial charge < -0.3 is 4.74 Å². The molecule has 1 rings (SSSR count). The van der Waals surface area contributed by atoms with Gasteiger partial charge in [0.1, 0.15) is 0 Å². The first-order valence-electron chi connectivity index (χ1n) is 4.73. The number of non-ortho nitro benzene ring substituents is 1. The summed E-state index contributed by atoms with van der Waals surface area (Å²) in [5, 5.41) is 10.6. The van der Waals surface area contributed by atoms with Crippen LogP contribution in [0.4, 0.5) is 5.69 Å². The van der Waals surface area contributed by atoms with Crippen molar-refractivity contribution in [2.45, 2.75) is 13.3 Å². The third kappa shape index (κ3) is 3.78. The number of nitro benzene ring substituents is 1. The van der Waals surface area contributed by atoms with E-state index >= 15 is 0 Å². The molecule has 0 bridgehead atoms. The first-order chi connectivity index (χ1) is 7.95. The van der Waals surface area contributed by atoms with Gasteiger partial charge in [-0.05, 0) is 12.5 Å². The Morgan fingerprint density at radius 1 is 1.41 bits per heavy atom. The van der Waals surface area contributed by atoms with Crippen molar-refractivity contribution in [2.24, 2.45) is 0 Å². The third-order valence-corrected chi connectivity index (χ3v) is 3.38. The van der Waals surface area contributed by atoms with E-state index in [9.17, 15) is 14.9 Å². The van der Waals surface area contributed by atoms with Gasteiger partial charge in [0.05, 0.1) is 18.0 Å². The van der Waals surface area contributed by atoms with Gasteiger partial charge in [0.15, 0.2) is 0 Å². The van der Waals surface area contributed by atoms with Gasteiger partial charge in [0, 0.05) is 21.1 Å². The van der Waals surface area contributed by atoms with E-state index in [4.69, 9.17) is 4.74 Å². The molecule has 7 heteroatoms. The summed E-state index contributed by atoms with van der Waals surface area (Å²) in [5.41, 5.74) is 0.588. The predicted octanol–water partition coefficient (Wildman–Crippen LogP) is 3.23. The lowest BCUT2D eigenvalue weighted by atomic mass is 10.1. The van der Waals surface area contributed by atoms with Crippen molar-refractivity contribution in [1.29, 1.82) is 0 Å². The van der Waals surface area contributed by atoms with E-state index in [0.717, 1.165) is 0 Å². The summed E-state index contributed by atoms with van der Waals surface area (Å²) < 4.78 is 5.83. The number of ether oxygens (including phenoxy) is 1. The van der Waals surface area contributed by atoms with Crippen LogP contribution < -0.4 is 0 Å². The van der Waals surface area contributed by atoms with Gasteiger partial charge in [-0.1, -0.05) is 31.9 Å². The molecule has 17 heavy (non-hydrogen) atoms. The number of esters is 1. The number of halogens is 2. The second-order valence-corrected chi connectivity index (χ2v) is 4.84. The molecule has 0 saturated carbocycles. The molecule has 0 atom stereocenters. The van der Waals surface area contributed by atoms with Gasteiger partial charge in [0.2, 0.25) is 0 Å². The van der Waals surface area contributed by atoms with Crippen LogP contribution >= 0.6 is 31.9 Å². The largest absolute Gasteiger partial charge is 0.466 e. The Kier molecular flexibility index (Phi) is 5.07. The second kappa shape index (κ2) is 6.11. The summed E-state index contributed by atoms with van der Waals surface area (Å²) in [5.74, 6) is -0.372. The minimum Gasteiger partial charge on any atom is -0.466 e. The highest BCUT2D eigenvalue weighted by Crippen LogP contribution is 2.31. The Labute approximate surface area is 115 Å². The molecule has 0 aliphatic carbocycles. The maximum atomic E-state index is 11.3. The van der Waals surface area contributed by atoms with Crippen molar-refractivity contribution in [3.05, 3.63) is 36.8 Å². The van der Waals surface area contributed by atoms with Crippen molar-refractivity contribution in [2.75, 3.05) is 6.61 Å². The van der Waals surface area contributed by atoms with Crippen LogP contribution in [0.1, 0.15) is 12.5 Å². The third-order valence-electron chi connectivity index (χ3n) is 1.96. The van der Waals surface area contributed by atoms with E-state index in [1.54, 1.807) is 6.92 Å². The Bertz CT molecular complexity index is 439. The molecule has 0 spiro atoms. The zero-order chi connectivity index (χ0) is 13.0. The number of hydrogen-bond donors (Lipinski definition) is 0. The number of nitro groups is 1. The smallest absolute Gasteiger partial charge is 0.310 e. The maximum Gasteiger partial charge on any atom is 0.310 e. The topological polar surface area (TPSA) is 69.4 Å². The minimum absolute atomic E-state index is 0.0450. The van der Waals surface area contributed by atoms with Crippen LogP contribution in [0.5, 0.6) is 0 Å². The Morgan fingerprint density at radius 2 is 1.94 bits per heavy atom. The van der Waals surface area contributed by atoms with E-state index < -0.39 is 4.92 Å². The van der Waals surface area contributed by atoms with Crippen LogP contribution in [0, 0.1) is 10.1 Å². The fourth-order valence-corrected chi connectivity index (χ4v) is 2.66. The summed E-state index contributed by atoms with van der Waals surface area (Å²) >= 11 is 6.41. The molecule has 0 aromatic heterocycles. The van der Waals surface area contributed by atoms with Gasteiger partial charge in [-0.2, -0.15) is 0 Å². The first kappa shape index (κ1) is 14.1. The molecule has 0 aliphatic heterocycles. The van der Waals surface area contributed by atoms with E-state index in [2.05, 4.69) is 31.9 Å². The zero-order valence-electron chi connectivity index (χ0n) is 8.91. The normalized spacial score (nSPS) is 10.1. The molecule has 92 valence electrons. The van der Waals surface area contributed by atoms with Gasteiger partial charge in [0.25, 0.3) is 5.69 Å². The quantitative estimate of drug-likeness (QED) is 0.466. The first-order valence-corrected chi connectivity index (χ1v) is 6.32. The molecule has 0 heterocycles. The average Bonchev–Trinajstić information content (AvgIpc) is 2.23. The summed E-state index contributed by atoms with van der Waals surface area (Å²) in [6.45, 7) is 2.03. The summed E-state index contributed by atoms with van der Waals surface area (Å²) in [6.07, 6.45) is 0.0625.